The van der Waals surface area contributed by atoms with Crippen LogP contribution in [0.25, 0.3) is 0 Å². The number of hydrogen-bond acceptors (Lipinski definition) is 1. The van der Waals surface area contributed by atoms with Crippen molar-refractivity contribution in [2.75, 3.05) is 6.26 Å². The fraction of sp³-hybridized carbons (Fsp3) is 0.667. The second-order valence-electron chi connectivity index (χ2n) is 4.35. The molecule has 0 saturated carbocycles. The quantitative estimate of drug-likeness (QED) is 0.673. The van der Waals surface area contributed by atoms with Gasteiger partial charge in [0, 0.05) is 22.8 Å². The van der Waals surface area contributed by atoms with Crippen LogP contribution in [0.15, 0.2) is 11.0 Å². The molecule has 0 saturated heterocycles. The van der Waals surface area contributed by atoms with E-state index >= 15 is 0 Å². The van der Waals surface area contributed by atoms with Crippen molar-refractivity contribution in [3.63, 3.8) is 0 Å². The van der Waals surface area contributed by atoms with E-state index in [4.69, 9.17) is 0 Å². The van der Waals surface area contributed by atoms with E-state index in [-0.39, 0.29) is 0 Å². The summed E-state index contributed by atoms with van der Waals surface area (Å²) in [6.45, 7) is 5.84. The van der Waals surface area contributed by atoms with Gasteiger partial charge in [0.25, 0.3) is 0 Å². The molecule has 1 aliphatic rings. The van der Waals surface area contributed by atoms with Crippen LogP contribution in [0.1, 0.15) is 44.0 Å². The third-order valence-corrected chi connectivity index (χ3v) is 3.79. The fourth-order valence-electron chi connectivity index (χ4n) is 2.40. The molecule has 0 amide bonds. The average Bonchev–Trinajstić information content (AvgIpc) is 2.55. The van der Waals surface area contributed by atoms with Crippen LogP contribution < -0.4 is 0 Å². The van der Waals surface area contributed by atoms with Crippen LogP contribution in [-0.4, -0.2) is 10.8 Å². The van der Waals surface area contributed by atoms with Gasteiger partial charge in [0.2, 0.25) is 0 Å². The maximum Gasteiger partial charge on any atom is 0.0339 e. The molecule has 1 aliphatic heterocycles. The SMILES string of the molecule is CSc1cc2n(c1C(C)C)CCCC2. The van der Waals surface area contributed by atoms with Crippen molar-refractivity contribution in [2.45, 2.75) is 50.5 Å². The van der Waals surface area contributed by atoms with E-state index in [2.05, 4.69) is 30.7 Å². The number of thioether (sulfide) groups is 1. The van der Waals surface area contributed by atoms with Crippen LogP contribution in [0, 0.1) is 0 Å². The lowest BCUT2D eigenvalue weighted by molar-refractivity contribution is 0.506. The third-order valence-electron chi connectivity index (χ3n) is 3.02. The first-order valence-corrected chi connectivity index (χ1v) is 6.72. The van der Waals surface area contributed by atoms with Gasteiger partial charge in [-0.05, 0) is 37.5 Å². The Morgan fingerprint density at radius 3 is 2.79 bits per heavy atom. The van der Waals surface area contributed by atoms with Crippen molar-refractivity contribution in [1.29, 1.82) is 0 Å². The van der Waals surface area contributed by atoms with Crippen molar-refractivity contribution < 1.29 is 0 Å². The van der Waals surface area contributed by atoms with Gasteiger partial charge >= 0.3 is 0 Å². The standard InChI is InChI=1S/C12H19NS/c1-9(2)12-11(14-3)8-10-6-4-5-7-13(10)12/h8-9H,4-7H2,1-3H3. The number of aromatic nitrogens is 1. The summed E-state index contributed by atoms with van der Waals surface area (Å²) in [4.78, 5) is 1.50. The number of fused-ring (bicyclic) bond motifs is 1. The van der Waals surface area contributed by atoms with E-state index in [1.807, 2.05) is 11.8 Å². The van der Waals surface area contributed by atoms with E-state index in [9.17, 15) is 0 Å². The average molecular weight is 209 g/mol. The minimum atomic E-state index is 0.657. The molecule has 0 spiro atoms. The van der Waals surface area contributed by atoms with Gasteiger partial charge in [0.1, 0.15) is 0 Å². The Labute approximate surface area is 90.9 Å². The summed E-state index contributed by atoms with van der Waals surface area (Å²) >= 11 is 1.90. The molecule has 0 unspecified atom stereocenters. The Kier molecular flexibility index (Phi) is 2.91. The van der Waals surface area contributed by atoms with E-state index < -0.39 is 0 Å². The molecule has 1 aromatic rings. The van der Waals surface area contributed by atoms with Gasteiger partial charge in [-0.15, -0.1) is 11.8 Å². The molecule has 0 fully saturated rings. The largest absolute Gasteiger partial charge is 0.347 e. The van der Waals surface area contributed by atoms with Crippen molar-refractivity contribution in [2.24, 2.45) is 0 Å². The van der Waals surface area contributed by atoms with Crippen LogP contribution in [-0.2, 0) is 13.0 Å². The highest BCUT2D eigenvalue weighted by Gasteiger charge is 2.18. The Bertz CT molecular complexity index is 325. The first-order valence-electron chi connectivity index (χ1n) is 5.50. The summed E-state index contributed by atoms with van der Waals surface area (Å²) in [7, 11) is 0. The Morgan fingerprint density at radius 2 is 2.14 bits per heavy atom. The molecule has 2 rings (SSSR count). The third kappa shape index (κ3) is 1.60. The first-order chi connectivity index (χ1) is 6.74. The molecule has 0 bridgehead atoms. The highest BCUT2D eigenvalue weighted by molar-refractivity contribution is 7.98. The number of rotatable bonds is 2. The zero-order chi connectivity index (χ0) is 10.1. The molecule has 14 heavy (non-hydrogen) atoms. The van der Waals surface area contributed by atoms with Gasteiger partial charge in [-0.2, -0.15) is 0 Å². The summed E-state index contributed by atoms with van der Waals surface area (Å²) in [6.07, 6.45) is 6.19. The zero-order valence-electron chi connectivity index (χ0n) is 9.34. The summed E-state index contributed by atoms with van der Waals surface area (Å²) in [5.74, 6) is 0.657. The van der Waals surface area contributed by atoms with Crippen LogP contribution in [0.2, 0.25) is 0 Å². The molecule has 1 aromatic heterocycles. The maximum absolute atomic E-state index is 2.56. The van der Waals surface area contributed by atoms with Gasteiger partial charge in [0.05, 0.1) is 0 Å². The number of hydrogen-bond donors (Lipinski definition) is 0. The molecular weight excluding hydrogens is 190 g/mol. The zero-order valence-corrected chi connectivity index (χ0v) is 10.2. The van der Waals surface area contributed by atoms with Gasteiger partial charge in [-0.3, -0.25) is 0 Å². The predicted molar refractivity (Wildman–Crippen MR) is 63.2 cm³/mol. The molecule has 0 radical (unpaired) electrons. The molecule has 78 valence electrons. The Hall–Kier alpha value is -0.370. The lowest BCUT2D eigenvalue weighted by atomic mass is 10.1. The van der Waals surface area contributed by atoms with Crippen molar-refractivity contribution in [3.05, 3.63) is 17.5 Å². The highest BCUT2D eigenvalue weighted by atomic mass is 32.2. The lowest BCUT2D eigenvalue weighted by Crippen LogP contribution is -2.13. The first kappa shape index (κ1) is 10.2. The fourth-order valence-corrected chi connectivity index (χ4v) is 3.21. The van der Waals surface area contributed by atoms with Crippen LogP contribution in [0.3, 0.4) is 0 Å². The van der Waals surface area contributed by atoms with Gasteiger partial charge < -0.3 is 4.57 Å². The smallest absolute Gasteiger partial charge is 0.0339 e. The van der Waals surface area contributed by atoms with E-state index in [0.717, 1.165) is 0 Å². The maximum atomic E-state index is 2.56. The molecule has 0 aliphatic carbocycles. The Morgan fingerprint density at radius 1 is 1.36 bits per heavy atom. The van der Waals surface area contributed by atoms with Crippen LogP contribution >= 0.6 is 11.8 Å². The molecule has 2 heteroatoms. The normalized spacial score (nSPS) is 16.0. The van der Waals surface area contributed by atoms with Crippen LogP contribution in [0.4, 0.5) is 0 Å². The van der Waals surface area contributed by atoms with E-state index in [1.165, 1.54) is 30.7 Å². The van der Waals surface area contributed by atoms with Gasteiger partial charge in [0.15, 0.2) is 0 Å². The summed E-state index contributed by atoms with van der Waals surface area (Å²) < 4.78 is 2.56. The van der Waals surface area contributed by atoms with Crippen molar-refractivity contribution in [1.82, 2.24) is 4.57 Å². The minimum Gasteiger partial charge on any atom is -0.347 e. The number of aryl methyl sites for hydroxylation is 1. The predicted octanol–water partition coefficient (Wildman–Crippen LogP) is 3.67. The lowest BCUT2D eigenvalue weighted by Gasteiger charge is -2.20. The van der Waals surface area contributed by atoms with Crippen molar-refractivity contribution in [3.8, 4) is 0 Å². The van der Waals surface area contributed by atoms with E-state index in [0.29, 0.717) is 5.92 Å². The second-order valence-corrected chi connectivity index (χ2v) is 5.20. The summed E-state index contributed by atoms with van der Waals surface area (Å²) in [5, 5.41) is 0. The molecule has 0 N–H and O–H groups in total. The number of nitrogens with zero attached hydrogens (tertiary/aromatic N) is 1. The highest BCUT2D eigenvalue weighted by Crippen LogP contribution is 2.33. The van der Waals surface area contributed by atoms with Gasteiger partial charge in [-0.1, -0.05) is 13.8 Å². The molecule has 0 atom stereocenters. The van der Waals surface area contributed by atoms with Crippen molar-refractivity contribution >= 4 is 11.8 Å². The second kappa shape index (κ2) is 4.01. The molecule has 2 heterocycles. The monoisotopic (exact) mass is 209 g/mol. The molecule has 1 nitrogen and oxygen atoms in total. The summed E-state index contributed by atoms with van der Waals surface area (Å²) in [6, 6.07) is 2.40. The molecule has 0 aromatic carbocycles. The summed E-state index contributed by atoms with van der Waals surface area (Å²) in [5.41, 5.74) is 3.12. The van der Waals surface area contributed by atoms with E-state index in [1.54, 1.807) is 11.4 Å². The Balaban J connectivity index is 2.48. The topological polar surface area (TPSA) is 4.93 Å². The van der Waals surface area contributed by atoms with Crippen LogP contribution in [0.5, 0.6) is 0 Å². The minimum absolute atomic E-state index is 0.657. The van der Waals surface area contributed by atoms with Gasteiger partial charge in [-0.25, -0.2) is 0 Å². The molecular formula is C12H19NS.